The predicted octanol–water partition coefficient (Wildman–Crippen LogP) is 8.53. The first-order valence-corrected chi connectivity index (χ1v) is 16.7. The van der Waals surface area contributed by atoms with Crippen molar-refractivity contribution in [2.24, 2.45) is 11.8 Å². The summed E-state index contributed by atoms with van der Waals surface area (Å²) in [5, 5.41) is 46.6. The smallest absolute Gasteiger partial charge is 0.201 e. The van der Waals surface area contributed by atoms with E-state index in [0.717, 1.165) is 0 Å². The van der Waals surface area contributed by atoms with Crippen LogP contribution in [-0.2, 0) is 0 Å². The number of aromatic hydroxyl groups is 4. The van der Waals surface area contributed by atoms with E-state index >= 15 is 0 Å². The topological polar surface area (TPSA) is 134 Å². The SMILES string of the molecule is COc1cc2c(c(O)c1C=CC(C)C)C(=O)c1c(O)cc(C)cc1C2C1c2cc(C)cc(O)c2C(=O)c2c1cc(OC)c(C=CC(C)C)c2O. The summed E-state index contributed by atoms with van der Waals surface area (Å²) in [6, 6.07) is 10.1. The molecule has 0 heterocycles. The van der Waals surface area contributed by atoms with Gasteiger partial charge >= 0.3 is 0 Å². The summed E-state index contributed by atoms with van der Waals surface area (Å²) in [4.78, 5) is 28.8. The van der Waals surface area contributed by atoms with E-state index in [1.54, 1.807) is 38.1 Å². The number of carbonyl (C=O) groups is 2. The summed E-state index contributed by atoms with van der Waals surface area (Å²) >= 11 is 0. The normalized spacial score (nSPS) is 16.6. The van der Waals surface area contributed by atoms with Crippen LogP contribution in [0.4, 0.5) is 0 Å². The van der Waals surface area contributed by atoms with E-state index in [2.05, 4.69) is 0 Å². The molecule has 0 bridgehead atoms. The van der Waals surface area contributed by atoms with E-state index in [4.69, 9.17) is 9.47 Å². The van der Waals surface area contributed by atoms with Crippen LogP contribution in [0.15, 0.2) is 48.6 Å². The van der Waals surface area contributed by atoms with Crippen molar-refractivity contribution in [2.45, 2.75) is 53.4 Å². The summed E-state index contributed by atoms with van der Waals surface area (Å²) in [6.45, 7) is 11.6. The predicted molar refractivity (Wildman–Crippen MR) is 193 cm³/mol. The van der Waals surface area contributed by atoms with Gasteiger partial charge in [0.2, 0.25) is 11.6 Å². The van der Waals surface area contributed by atoms with Crippen LogP contribution in [-0.4, -0.2) is 46.2 Å². The molecule has 0 amide bonds. The molecule has 2 atom stereocenters. The lowest BCUT2D eigenvalue weighted by atomic mass is 9.63. The first-order valence-electron chi connectivity index (χ1n) is 16.7. The standard InChI is InChI=1S/C42H42O8/c1-19(2)9-11-23-31(49-7)17-27-33(25-13-21(5)15-29(43)35(25)41(47)37(27)39(23)45)34-26-14-22(6)16-30(44)36(26)42(48)38-28(34)18-32(50-8)24(40(38)46)12-10-20(3)4/h9-20,33-34,43-46H,1-8H3. The number of rotatable bonds is 7. The lowest BCUT2D eigenvalue weighted by Crippen LogP contribution is -2.30. The highest BCUT2D eigenvalue weighted by molar-refractivity contribution is 6.18. The average Bonchev–Trinajstić information content (AvgIpc) is 3.03. The number of phenols is 4. The number of hydrogen-bond acceptors (Lipinski definition) is 8. The molecule has 4 aromatic rings. The number of carbonyl (C=O) groups excluding carboxylic acids is 2. The minimum atomic E-state index is -0.820. The van der Waals surface area contributed by atoms with Crippen molar-refractivity contribution in [1.29, 1.82) is 0 Å². The number of methoxy groups -OCH3 is 2. The van der Waals surface area contributed by atoms with Crippen LogP contribution in [0.1, 0.15) is 116 Å². The monoisotopic (exact) mass is 674 g/mol. The lowest BCUT2D eigenvalue weighted by molar-refractivity contribution is 0.101. The Morgan fingerprint density at radius 2 is 0.900 bits per heavy atom. The molecular formula is C42H42O8. The fraction of sp³-hybridized carbons (Fsp3) is 0.286. The maximum absolute atomic E-state index is 14.4. The molecule has 6 rings (SSSR count). The maximum atomic E-state index is 14.4. The first kappa shape index (κ1) is 34.4. The Labute approximate surface area is 292 Å². The zero-order chi connectivity index (χ0) is 36.3. The van der Waals surface area contributed by atoms with E-state index in [-0.39, 0.29) is 57.1 Å². The second kappa shape index (κ2) is 12.8. The van der Waals surface area contributed by atoms with Crippen LogP contribution in [0.2, 0.25) is 0 Å². The molecule has 0 aromatic heterocycles. The Morgan fingerprint density at radius 3 is 1.22 bits per heavy atom. The van der Waals surface area contributed by atoms with Crippen molar-refractivity contribution in [3.05, 3.63) is 115 Å². The largest absolute Gasteiger partial charge is 0.507 e. The second-order valence-electron chi connectivity index (χ2n) is 13.9. The molecule has 0 spiro atoms. The highest BCUT2D eigenvalue weighted by Crippen LogP contribution is 2.58. The third-order valence-corrected chi connectivity index (χ3v) is 9.57. The van der Waals surface area contributed by atoms with E-state index in [9.17, 15) is 30.0 Å². The number of ketones is 2. The van der Waals surface area contributed by atoms with Gasteiger partial charge in [0.1, 0.15) is 34.5 Å². The van der Waals surface area contributed by atoms with Gasteiger partial charge in [0, 0.05) is 11.8 Å². The number of phenolic OH excluding ortho intramolecular Hbond substituents is 4. The Morgan fingerprint density at radius 1 is 0.560 bits per heavy atom. The third-order valence-electron chi connectivity index (χ3n) is 9.57. The van der Waals surface area contributed by atoms with Gasteiger partial charge in [-0.2, -0.15) is 0 Å². The van der Waals surface area contributed by atoms with Crippen molar-refractivity contribution in [2.75, 3.05) is 14.2 Å². The zero-order valence-corrected chi connectivity index (χ0v) is 29.5. The van der Waals surface area contributed by atoms with Gasteiger partial charge in [-0.15, -0.1) is 0 Å². The number of benzene rings is 4. The van der Waals surface area contributed by atoms with Crippen molar-refractivity contribution in [1.82, 2.24) is 0 Å². The summed E-state index contributed by atoms with van der Waals surface area (Å²) in [6.07, 6.45) is 7.20. The molecule has 4 N–H and O–H groups in total. The van der Waals surface area contributed by atoms with Crippen LogP contribution >= 0.6 is 0 Å². The van der Waals surface area contributed by atoms with E-state index in [1.165, 1.54) is 26.4 Å². The summed E-state index contributed by atoms with van der Waals surface area (Å²) < 4.78 is 11.6. The van der Waals surface area contributed by atoms with Crippen LogP contribution in [0.25, 0.3) is 12.2 Å². The zero-order valence-electron chi connectivity index (χ0n) is 29.5. The van der Waals surface area contributed by atoms with Gasteiger partial charge in [0.25, 0.3) is 0 Å². The Bertz CT molecular complexity index is 2000. The number of aryl methyl sites for hydroxylation is 2. The highest BCUT2D eigenvalue weighted by atomic mass is 16.5. The molecule has 4 aromatic carbocycles. The molecule has 2 unspecified atom stereocenters. The number of allylic oxidation sites excluding steroid dienone is 2. The second-order valence-corrected chi connectivity index (χ2v) is 13.9. The fourth-order valence-corrected chi connectivity index (χ4v) is 7.44. The lowest BCUT2D eigenvalue weighted by Gasteiger charge is -2.39. The molecule has 0 saturated heterocycles. The summed E-state index contributed by atoms with van der Waals surface area (Å²) in [7, 11) is 2.97. The molecule has 2 aliphatic carbocycles. The molecule has 2 aliphatic rings. The van der Waals surface area contributed by atoms with Gasteiger partial charge in [-0.3, -0.25) is 9.59 Å². The molecule has 8 heteroatoms. The molecular weight excluding hydrogens is 632 g/mol. The molecule has 0 aliphatic heterocycles. The fourth-order valence-electron chi connectivity index (χ4n) is 7.44. The third kappa shape index (κ3) is 5.39. The molecule has 0 fully saturated rings. The van der Waals surface area contributed by atoms with Crippen molar-refractivity contribution in [3.63, 3.8) is 0 Å². The van der Waals surface area contributed by atoms with Gasteiger partial charge in [-0.25, -0.2) is 0 Å². The van der Waals surface area contributed by atoms with Gasteiger partial charge in [0.05, 0.1) is 47.6 Å². The molecule has 258 valence electrons. The Balaban J connectivity index is 1.79. The van der Waals surface area contributed by atoms with Gasteiger partial charge in [0.15, 0.2) is 0 Å². The summed E-state index contributed by atoms with van der Waals surface area (Å²) in [5.74, 6) is -2.93. The highest BCUT2D eigenvalue weighted by Gasteiger charge is 2.47. The first-order chi connectivity index (χ1) is 23.7. The van der Waals surface area contributed by atoms with Crippen molar-refractivity contribution in [3.8, 4) is 34.5 Å². The van der Waals surface area contributed by atoms with Crippen molar-refractivity contribution < 1.29 is 39.5 Å². The maximum Gasteiger partial charge on any atom is 0.201 e. The van der Waals surface area contributed by atoms with E-state index < -0.39 is 23.4 Å². The minimum Gasteiger partial charge on any atom is -0.507 e. The Kier molecular flexibility index (Phi) is 8.76. The van der Waals surface area contributed by atoms with Gasteiger partial charge in [-0.05, 0) is 83.3 Å². The van der Waals surface area contributed by atoms with Gasteiger partial charge in [-0.1, -0.05) is 64.1 Å². The van der Waals surface area contributed by atoms with Crippen LogP contribution < -0.4 is 9.47 Å². The number of fused-ring (bicyclic) bond motifs is 4. The summed E-state index contributed by atoms with van der Waals surface area (Å²) in [5.41, 5.74) is 3.78. The van der Waals surface area contributed by atoms with Crippen LogP contribution in [0, 0.1) is 25.7 Å². The molecule has 50 heavy (non-hydrogen) atoms. The minimum absolute atomic E-state index is 0.00425. The average molecular weight is 675 g/mol. The van der Waals surface area contributed by atoms with Crippen molar-refractivity contribution >= 4 is 23.7 Å². The van der Waals surface area contributed by atoms with E-state index in [0.29, 0.717) is 56.0 Å². The van der Waals surface area contributed by atoms with Gasteiger partial charge < -0.3 is 29.9 Å². The van der Waals surface area contributed by atoms with Crippen LogP contribution in [0.3, 0.4) is 0 Å². The number of ether oxygens (including phenoxy) is 2. The molecule has 0 saturated carbocycles. The Hall–Kier alpha value is -5.50. The molecule has 8 nitrogen and oxygen atoms in total. The van der Waals surface area contributed by atoms with Crippen LogP contribution in [0.5, 0.6) is 34.5 Å². The quantitative estimate of drug-likeness (QED) is 0.153. The molecule has 0 radical (unpaired) electrons. The number of hydrogen-bond donors (Lipinski definition) is 4. The van der Waals surface area contributed by atoms with E-state index in [1.807, 2.05) is 52.0 Å².